The molecular formula is C18H32N2O. The van der Waals surface area contributed by atoms with Crippen LogP contribution in [0.15, 0.2) is 0 Å². The first-order valence-electron chi connectivity index (χ1n) is 9.25. The minimum Gasteiger partial charge on any atom is -0.325 e. The molecule has 0 bridgehead atoms. The molecule has 1 N–H and O–H groups in total. The van der Waals surface area contributed by atoms with E-state index < -0.39 is 0 Å². The van der Waals surface area contributed by atoms with Gasteiger partial charge in [0.2, 0.25) is 5.91 Å². The predicted octanol–water partition coefficient (Wildman–Crippen LogP) is 3.68. The molecule has 3 nitrogen and oxygen atoms in total. The lowest BCUT2D eigenvalue weighted by Crippen LogP contribution is -2.47. The molecule has 0 aromatic carbocycles. The minimum atomic E-state index is 0.0749. The summed E-state index contributed by atoms with van der Waals surface area (Å²) >= 11 is 0. The highest BCUT2D eigenvalue weighted by Crippen LogP contribution is 2.43. The lowest BCUT2D eigenvalue weighted by atomic mass is 9.82. The van der Waals surface area contributed by atoms with Gasteiger partial charge in [0.25, 0.3) is 0 Å². The highest BCUT2D eigenvalue weighted by molar-refractivity contribution is 5.84. The van der Waals surface area contributed by atoms with Crippen molar-refractivity contribution in [2.45, 2.75) is 90.3 Å². The molecule has 0 aromatic rings. The second-order valence-corrected chi connectivity index (χ2v) is 7.64. The van der Waals surface area contributed by atoms with Gasteiger partial charge in [0, 0.05) is 6.54 Å². The van der Waals surface area contributed by atoms with E-state index in [0.29, 0.717) is 23.4 Å². The van der Waals surface area contributed by atoms with Gasteiger partial charge in [-0.2, -0.15) is 0 Å². The highest BCUT2D eigenvalue weighted by atomic mass is 16.2. The third-order valence-electron chi connectivity index (χ3n) is 6.46. The Bertz CT molecular complexity index is 369. The number of hydrogen-bond acceptors (Lipinski definition) is 2. The van der Waals surface area contributed by atoms with Gasteiger partial charge in [-0.3, -0.25) is 10.1 Å². The molecule has 2 atom stereocenters. The van der Waals surface area contributed by atoms with Crippen molar-refractivity contribution in [2.75, 3.05) is 6.54 Å². The molecule has 3 fully saturated rings. The molecule has 3 aliphatic rings. The summed E-state index contributed by atoms with van der Waals surface area (Å²) in [5.41, 5.74) is 0.414. The zero-order valence-corrected chi connectivity index (χ0v) is 13.9. The first kappa shape index (κ1) is 15.3. The van der Waals surface area contributed by atoms with Crippen LogP contribution in [0, 0.1) is 11.3 Å². The van der Waals surface area contributed by atoms with E-state index in [1.54, 1.807) is 0 Å². The van der Waals surface area contributed by atoms with Crippen LogP contribution in [0.4, 0.5) is 0 Å². The summed E-state index contributed by atoms with van der Waals surface area (Å²) in [7, 11) is 0. The summed E-state index contributed by atoms with van der Waals surface area (Å²) in [5, 5.41) is 3.67. The topological polar surface area (TPSA) is 32.3 Å². The van der Waals surface area contributed by atoms with Gasteiger partial charge in [-0.05, 0) is 49.9 Å². The summed E-state index contributed by atoms with van der Waals surface area (Å²) in [6, 6.07) is 0.0749. The summed E-state index contributed by atoms with van der Waals surface area (Å²) in [4.78, 5) is 15.1. The number of rotatable bonds is 5. The van der Waals surface area contributed by atoms with E-state index in [4.69, 9.17) is 0 Å². The number of carbonyl (C=O) groups excluding carboxylic acids is 1. The van der Waals surface area contributed by atoms with E-state index in [2.05, 4.69) is 24.1 Å². The molecule has 0 spiro atoms. The van der Waals surface area contributed by atoms with Gasteiger partial charge in [0.05, 0.1) is 12.2 Å². The molecule has 1 heterocycles. The van der Waals surface area contributed by atoms with Gasteiger partial charge in [0.1, 0.15) is 0 Å². The van der Waals surface area contributed by atoms with Crippen LogP contribution >= 0.6 is 0 Å². The molecule has 1 saturated heterocycles. The van der Waals surface area contributed by atoms with E-state index in [1.165, 1.54) is 57.8 Å². The van der Waals surface area contributed by atoms with Crippen molar-refractivity contribution in [1.29, 1.82) is 0 Å². The molecule has 3 heteroatoms. The van der Waals surface area contributed by atoms with E-state index in [9.17, 15) is 4.79 Å². The standard InChI is InChI=1S/C18H32N2O/c1-3-15-17(21)20(13-18(4-2)11-7-8-12-18)16(19-15)14-9-5-6-10-14/h14-16,19H,3-13H2,1-2H3. The molecule has 2 unspecified atom stereocenters. The van der Waals surface area contributed by atoms with Gasteiger partial charge in [-0.15, -0.1) is 0 Å². The van der Waals surface area contributed by atoms with Crippen molar-refractivity contribution in [1.82, 2.24) is 10.2 Å². The van der Waals surface area contributed by atoms with Crippen LogP contribution in [0.1, 0.15) is 78.1 Å². The largest absolute Gasteiger partial charge is 0.325 e. The predicted molar refractivity (Wildman–Crippen MR) is 85.9 cm³/mol. The maximum atomic E-state index is 12.8. The van der Waals surface area contributed by atoms with Crippen LogP contribution < -0.4 is 5.32 Å². The number of nitrogens with zero attached hydrogens (tertiary/aromatic N) is 1. The van der Waals surface area contributed by atoms with E-state index in [-0.39, 0.29) is 6.04 Å². The molecule has 0 radical (unpaired) electrons. The molecule has 2 aliphatic carbocycles. The Labute approximate surface area is 129 Å². The van der Waals surface area contributed by atoms with Gasteiger partial charge in [-0.1, -0.05) is 39.5 Å². The molecule has 21 heavy (non-hydrogen) atoms. The first-order valence-corrected chi connectivity index (χ1v) is 9.25. The third kappa shape index (κ3) is 2.86. The molecule has 3 rings (SSSR count). The third-order valence-corrected chi connectivity index (χ3v) is 6.46. The zero-order valence-electron chi connectivity index (χ0n) is 13.9. The summed E-state index contributed by atoms with van der Waals surface area (Å²) < 4.78 is 0. The van der Waals surface area contributed by atoms with Crippen molar-refractivity contribution in [3.05, 3.63) is 0 Å². The minimum absolute atomic E-state index is 0.0749. The van der Waals surface area contributed by atoms with Crippen molar-refractivity contribution in [2.24, 2.45) is 11.3 Å². The Morgan fingerprint density at radius 2 is 1.81 bits per heavy atom. The average molecular weight is 292 g/mol. The highest BCUT2D eigenvalue weighted by Gasteiger charge is 2.46. The quantitative estimate of drug-likeness (QED) is 0.838. The first-order chi connectivity index (χ1) is 10.2. The fourth-order valence-corrected chi connectivity index (χ4v) is 4.95. The van der Waals surface area contributed by atoms with Gasteiger partial charge in [0.15, 0.2) is 0 Å². The average Bonchev–Trinajstić information content (AvgIpc) is 3.22. The monoisotopic (exact) mass is 292 g/mol. The Hall–Kier alpha value is -0.570. The van der Waals surface area contributed by atoms with Crippen molar-refractivity contribution in [3.8, 4) is 0 Å². The molecule has 0 aromatic heterocycles. The lowest BCUT2D eigenvalue weighted by molar-refractivity contribution is -0.132. The van der Waals surface area contributed by atoms with Crippen LogP contribution in [0.2, 0.25) is 0 Å². The Kier molecular flexibility index (Phi) is 4.58. The van der Waals surface area contributed by atoms with Gasteiger partial charge < -0.3 is 4.90 Å². The Balaban J connectivity index is 1.76. The molecule has 120 valence electrons. The Morgan fingerprint density at radius 3 is 2.38 bits per heavy atom. The SMILES string of the molecule is CCC1NC(C2CCCC2)N(CC2(CC)CCCC2)C1=O. The fraction of sp³-hybridized carbons (Fsp3) is 0.944. The number of hydrogen-bond donors (Lipinski definition) is 1. The van der Waals surface area contributed by atoms with Crippen LogP contribution in [0.5, 0.6) is 0 Å². The van der Waals surface area contributed by atoms with Gasteiger partial charge in [-0.25, -0.2) is 0 Å². The Morgan fingerprint density at radius 1 is 1.14 bits per heavy atom. The summed E-state index contributed by atoms with van der Waals surface area (Å²) in [6.07, 6.45) is 13.1. The lowest BCUT2D eigenvalue weighted by Gasteiger charge is -2.37. The van der Waals surface area contributed by atoms with Crippen molar-refractivity contribution >= 4 is 5.91 Å². The maximum absolute atomic E-state index is 12.8. The van der Waals surface area contributed by atoms with Crippen LogP contribution in [0.25, 0.3) is 0 Å². The zero-order chi connectivity index (χ0) is 14.9. The van der Waals surface area contributed by atoms with E-state index >= 15 is 0 Å². The molecule has 1 aliphatic heterocycles. The number of carbonyl (C=O) groups is 1. The summed E-state index contributed by atoms with van der Waals surface area (Å²) in [6.45, 7) is 5.46. The van der Waals surface area contributed by atoms with E-state index in [1.807, 2.05) is 0 Å². The second-order valence-electron chi connectivity index (χ2n) is 7.64. The number of amides is 1. The number of nitrogens with one attached hydrogen (secondary N) is 1. The smallest absolute Gasteiger partial charge is 0.241 e. The molecular weight excluding hydrogens is 260 g/mol. The van der Waals surface area contributed by atoms with E-state index in [0.717, 1.165) is 13.0 Å². The van der Waals surface area contributed by atoms with Crippen LogP contribution in [0.3, 0.4) is 0 Å². The second kappa shape index (κ2) is 6.28. The fourth-order valence-electron chi connectivity index (χ4n) is 4.95. The molecule has 1 amide bonds. The van der Waals surface area contributed by atoms with Crippen molar-refractivity contribution < 1.29 is 4.79 Å². The molecule has 2 saturated carbocycles. The summed E-state index contributed by atoms with van der Waals surface area (Å²) in [5.74, 6) is 1.08. The van der Waals surface area contributed by atoms with Gasteiger partial charge >= 0.3 is 0 Å². The maximum Gasteiger partial charge on any atom is 0.241 e. The van der Waals surface area contributed by atoms with Crippen LogP contribution in [-0.4, -0.2) is 29.6 Å². The normalized spacial score (nSPS) is 33.2. The van der Waals surface area contributed by atoms with Crippen LogP contribution in [-0.2, 0) is 4.79 Å². The van der Waals surface area contributed by atoms with Crippen molar-refractivity contribution in [3.63, 3.8) is 0 Å².